The Morgan fingerprint density at radius 3 is 2.81 bits per heavy atom. The molecule has 1 N–H and O–H groups in total. The maximum atomic E-state index is 10.9. The molecule has 7 heteroatoms. The van der Waals surface area contributed by atoms with Crippen LogP contribution in [0.4, 0.5) is 5.69 Å². The van der Waals surface area contributed by atoms with Gasteiger partial charge in [-0.1, -0.05) is 11.3 Å². The van der Waals surface area contributed by atoms with Gasteiger partial charge in [0.25, 0.3) is 0 Å². The van der Waals surface area contributed by atoms with Crippen molar-refractivity contribution >= 4 is 11.7 Å². The molecule has 2 rings (SSSR count). The molecule has 21 heavy (non-hydrogen) atoms. The largest absolute Gasteiger partial charge is 0.492 e. The summed E-state index contributed by atoms with van der Waals surface area (Å²) in [7, 11) is 3.93. The fraction of sp³-hybridized carbons (Fsp3) is 0.357. The van der Waals surface area contributed by atoms with Gasteiger partial charge in [0, 0.05) is 25.8 Å². The van der Waals surface area contributed by atoms with Crippen molar-refractivity contribution < 1.29 is 14.6 Å². The fourth-order valence-corrected chi connectivity index (χ4v) is 1.87. The Kier molecular flexibility index (Phi) is 4.42. The predicted molar refractivity (Wildman–Crippen MR) is 78.0 cm³/mol. The highest BCUT2D eigenvalue weighted by atomic mass is 16.5. The van der Waals surface area contributed by atoms with Crippen LogP contribution < -0.4 is 9.64 Å². The first-order valence-electron chi connectivity index (χ1n) is 6.52. The number of hydrogen-bond donors (Lipinski definition) is 1. The van der Waals surface area contributed by atoms with E-state index < -0.39 is 5.97 Å². The monoisotopic (exact) mass is 290 g/mol. The Balaban J connectivity index is 1.95. The summed E-state index contributed by atoms with van der Waals surface area (Å²) in [5.41, 5.74) is 1.55. The molecule has 0 saturated heterocycles. The van der Waals surface area contributed by atoms with Crippen LogP contribution in [0.25, 0.3) is 0 Å². The van der Waals surface area contributed by atoms with E-state index in [1.54, 1.807) is 6.92 Å². The average molecular weight is 290 g/mol. The summed E-state index contributed by atoms with van der Waals surface area (Å²) >= 11 is 0. The third-order valence-corrected chi connectivity index (χ3v) is 3.09. The van der Waals surface area contributed by atoms with E-state index in [0.717, 1.165) is 11.4 Å². The van der Waals surface area contributed by atoms with Gasteiger partial charge >= 0.3 is 5.97 Å². The number of ether oxygens (including phenoxy) is 1. The van der Waals surface area contributed by atoms with Gasteiger partial charge < -0.3 is 14.7 Å². The molecule has 0 amide bonds. The number of aromatic nitrogens is 3. The van der Waals surface area contributed by atoms with E-state index in [9.17, 15) is 4.79 Å². The summed E-state index contributed by atoms with van der Waals surface area (Å²) in [6, 6.07) is 7.74. The number of rotatable bonds is 6. The topological polar surface area (TPSA) is 80.5 Å². The molecule has 0 spiro atoms. The van der Waals surface area contributed by atoms with Crippen molar-refractivity contribution in [3.05, 3.63) is 35.7 Å². The smallest absolute Gasteiger partial charge is 0.358 e. The molecule has 0 aliphatic rings. The molecule has 0 aliphatic heterocycles. The first kappa shape index (κ1) is 14.8. The summed E-state index contributed by atoms with van der Waals surface area (Å²) < 4.78 is 7.19. The van der Waals surface area contributed by atoms with Gasteiger partial charge in [0.05, 0.1) is 12.2 Å². The molecule has 2 aromatic rings. The van der Waals surface area contributed by atoms with E-state index in [-0.39, 0.29) is 5.69 Å². The highest BCUT2D eigenvalue weighted by molar-refractivity contribution is 5.86. The number of aromatic carboxylic acids is 1. The van der Waals surface area contributed by atoms with Crippen LogP contribution in [0.15, 0.2) is 24.3 Å². The number of benzene rings is 1. The molecule has 0 bridgehead atoms. The molecule has 0 unspecified atom stereocenters. The molecule has 1 aromatic heterocycles. The van der Waals surface area contributed by atoms with Crippen molar-refractivity contribution in [1.29, 1.82) is 0 Å². The van der Waals surface area contributed by atoms with E-state index in [1.165, 1.54) is 4.68 Å². The van der Waals surface area contributed by atoms with Gasteiger partial charge in [0.15, 0.2) is 5.69 Å². The maximum Gasteiger partial charge on any atom is 0.358 e. The molecule has 1 heterocycles. The molecule has 1 aromatic carbocycles. The minimum atomic E-state index is -1.07. The van der Waals surface area contributed by atoms with Crippen LogP contribution in [0, 0.1) is 6.92 Å². The Morgan fingerprint density at radius 2 is 2.19 bits per heavy atom. The predicted octanol–water partition coefficient (Wildman–Crippen LogP) is 1.43. The van der Waals surface area contributed by atoms with E-state index in [2.05, 4.69) is 10.3 Å². The third kappa shape index (κ3) is 3.50. The van der Waals surface area contributed by atoms with Crippen LogP contribution in [-0.4, -0.2) is 46.8 Å². The summed E-state index contributed by atoms with van der Waals surface area (Å²) in [6.45, 7) is 2.51. The second kappa shape index (κ2) is 6.25. The van der Waals surface area contributed by atoms with Crippen molar-refractivity contribution in [2.24, 2.45) is 0 Å². The van der Waals surface area contributed by atoms with E-state index in [1.807, 2.05) is 43.3 Å². The lowest BCUT2D eigenvalue weighted by atomic mass is 10.3. The van der Waals surface area contributed by atoms with Crippen LogP contribution in [-0.2, 0) is 6.54 Å². The summed E-state index contributed by atoms with van der Waals surface area (Å²) in [6.07, 6.45) is 0. The van der Waals surface area contributed by atoms with E-state index in [4.69, 9.17) is 9.84 Å². The Bertz CT molecular complexity index is 637. The van der Waals surface area contributed by atoms with E-state index >= 15 is 0 Å². The number of carboxylic acids is 1. The molecular formula is C14H18N4O3. The van der Waals surface area contributed by atoms with Gasteiger partial charge in [-0.2, -0.15) is 0 Å². The molecule has 112 valence electrons. The number of hydrogen-bond acceptors (Lipinski definition) is 5. The summed E-state index contributed by atoms with van der Waals surface area (Å²) in [5.74, 6) is -0.309. The number of carbonyl (C=O) groups is 1. The van der Waals surface area contributed by atoms with Gasteiger partial charge in [-0.3, -0.25) is 0 Å². The minimum Gasteiger partial charge on any atom is -0.492 e. The summed E-state index contributed by atoms with van der Waals surface area (Å²) in [5, 5.41) is 16.4. The molecule has 0 radical (unpaired) electrons. The minimum absolute atomic E-state index is 0.0235. The van der Waals surface area contributed by atoms with Crippen molar-refractivity contribution in [2.45, 2.75) is 13.5 Å². The summed E-state index contributed by atoms with van der Waals surface area (Å²) in [4.78, 5) is 12.9. The second-order valence-electron chi connectivity index (χ2n) is 4.79. The lowest BCUT2D eigenvalue weighted by molar-refractivity contribution is 0.0689. The van der Waals surface area contributed by atoms with Crippen LogP contribution in [0.3, 0.4) is 0 Å². The van der Waals surface area contributed by atoms with Crippen molar-refractivity contribution in [3.63, 3.8) is 0 Å². The van der Waals surface area contributed by atoms with Gasteiger partial charge in [-0.15, -0.1) is 5.10 Å². The van der Waals surface area contributed by atoms with Crippen LogP contribution in [0.5, 0.6) is 5.75 Å². The normalized spacial score (nSPS) is 10.4. The second-order valence-corrected chi connectivity index (χ2v) is 4.79. The van der Waals surface area contributed by atoms with E-state index in [0.29, 0.717) is 18.8 Å². The zero-order chi connectivity index (χ0) is 15.4. The third-order valence-electron chi connectivity index (χ3n) is 3.09. The molecular weight excluding hydrogens is 272 g/mol. The van der Waals surface area contributed by atoms with Crippen molar-refractivity contribution in [3.8, 4) is 5.75 Å². The average Bonchev–Trinajstić information content (AvgIpc) is 2.81. The lowest BCUT2D eigenvalue weighted by Crippen LogP contribution is -2.12. The Labute approximate surface area is 122 Å². The quantitative estimate of drug-likeness (QED) is 0.867. The standard InChI is InChI=1S/C14H18N4O3/c1-10-13(14(19)20)15-16-18(10)7-8-21-12-6-4-5-11(9-12)17(2)3/h4-6,9H,7-8H2,1-3H3,(H,19,20). The highest BCUT2D eigenvalue weighted by Crippen LogP contribution is 2.19. The van der Waals surface area contributed by atoms with Crippen LogP contribution >= 0.6 is 0 Å². The first-order chi connectivity index (χ1) is 9.99. The van der Waals surface area contributed by atoms with Gasteiger partial charge in [0.2, 0.25) is 0 Å². The van der Waals surface area contributed by atoms with Crippen molar-refractivity contribution in [2.75, 3.05) is 25.6 Å². The van der Waals surface area contributed by atoms with Crippen molar-refractivity contribution in [1.82, 2.24) is 15.0 Å². The zero-order valence-corrected chi connectivity index (χ0v) is 12.3. The molecule has 7 nitrogen and oxygen atoms in total. The Hall–Kier alpha value is -2.57. The highest BCUT2D eigenvalue weighted by Gasteiger charge is 2.14. The number of nitrogens with zero attached hydrogens (tertiary/aromatic N) is 4. The Morgan fingerprint density at radius 1 is 1.43 bits per heavy atom. The van der Waals surface area contributed by atoms with Gasteiger partial charge in [-0.25, -0.2) is 9.48 Å². The first-order valence-corrected chi connectivity index (χ1v) is 6.52. The maximum absolute atomic E-state index is 10.9. The molecule has 0 saturated carbocycles. The molecule has 0 aliphatic carbocycles. The SMILES string of the molecule is Cc1c(C(=O)O)nnn1CCOc1cccc(N(C)C)c1. The lowest BCUT2D eigenvalue weighted by Gasteiger charge is -2.14. The molecule has 0 atom stereocenters. The zero-order valence-electron chi connectivity index (χ0n) is 12.3. The van der Waals surface area contributed by atoms with Crippen LogP contribution in [0.1, 0.15) is 16.2 Å². The van der Waals surface area contributed by atoms with Gasteiger partial charge in [-0.05, 0) is 19.1 Å². The number of carboxylic acid groups (broad SMARTS) is 1. The van der Waals surface area contributed by atoms with Crippen LogP contribution in [0.2, 0.25) is 0 Å². The number of anilines is 1. The molecule has 0 fully saturated rings. The van der Waals surface area contributed by atoms with Gasteiger partial charge in [0.1, 0.15) is 12.4 Å². The fourth-order valence-electron chi connectivity index (χ4n) is 1.87.